The first-order valence-corrected chi connectivity index (χ1v) is 19.4. The van der Waals surface area contributed by atoms with Crippen LogP contribution in [-0.4, -0.2) is 97.2 Å². The fourth-order valence-electron chi connectivity index (χ4n) is 5.38. The van der Waals surface area contributed by atoms with Crippen LogP contribution < -0.4 is 9.44 Å². The van der Waals surface area contributed by atoms with E-state index in [1.807, 2.05) is 0 Å². The Morgan fingerprint density at radius 2 is 0.935 bits per heavy atom. The van der Waals surface area contributed by atoms with Crippen molar-refractivity contribution in [1.29, 1.82) is 0 Å². The number of carbonyl (C=O) groups is 4. The number of rotatable bonds is 18. The van der Waals surface area contributed by atoms with Gasteiger partial charge in [-0.15, -0.1) is 0 Å². The molecule has 0 radical (unpaired) electrons. The number of sulfonamides is 2. The van der Waals surface area contributed by atoms with Crippen LogP contribution in [0.3, 0.4) is 0 Å². The Morgan fingerprint density at radius 1 is 0.630 bits per heavy atom. The fraction of sp³-hybridized carbons (Fsp3) is 0.429. The molecule has 0 aromatic heterocycles. The smallest absolute Gasteiger partial charge is 0.321 e. The van der Waals surface area contributed by atoms with E-state index < -0.39 is 79.7 Å². The van der Waals surface area contributed by atoms with Crippen LogP contribution in [-0.2, 0) is 39.2 Å². The highest BCUT2D eigenvalue weighted by atomic mass is 32.2. The van der Waals surface area contributed by atoms with Crippen LogP contribution in [0.25, 0.3) is 0 Å². The van der Waals surface area contributed by atoms with E-state index in [4.69, 9.17) is 0 Å². The van der Waals surface area contributed by atoms with E-state index in [9.17, 15) is 56.4 Å². The van der Waals surface area contributed by atoms with Crippen molar-refractivity contribution in [2.75, 3.05) is 24.0 Å². The van der Waals surface area contributed by atoms with Crippen LogP contribution >= 0.6 is 23.5 Å². The van der Waals surface area contributed by atoms with Crippen LogP contribution in [0.1, 0.15) is 35.8 Å². The molecular formula is C28H34N2O12S4. The molecule has 46 heavy (non-hydrogen) atoms. The largest absolute Gasteiger partial charge is 0.481 e. The summed E-state index contributed by atoms with van der Waals surface area (Å²) in [4.78, 5) is 47.2. The topological polar surface area (TPSA) is 242 Å². The summed E-state index contributed by atoms with van der Waals surface area (Å²) in [5.74, 6) is -9.23. The first-order chi connectivity index (χ1) is 21.5. The van der Waals surface area contributed by atoms with Crippen molar-refractivity contribution in [1.82, 2.24) is 9.44 Å². The zero-order chi connectivity index (χ0) is 34.4. The third-order valence-corrected chi connectivity index (χ3v) is 11.9. The van der Waals surface area contributed by atoms with E-state index in [0.717, 1.165) is 24.3 Å². The minimum atomic E-state index is -4.27. The van der Waals surface area contributed by atoms with Crippen molar-refractivity contribution in [3.05, 3.63) is 59.7 Å². The van der Waals surface area contributed by atoms with Gasteiger partial charge < -0.3 is 20.4 Å². The fourth-order valence-corrected chi connectivity index (χ4v) is 8.77. The van der Waals surface area contributed by atoms with Gasteiger partial charge in [-0.3, -0.25) is 19.2 Å². The van der Waals surface area contributed by atoms with Crippen molar-refractivity contribution < 1.29 is 56.4 Å². The van der Waals surface area contributed by atoms with Gasteiger partial charge in [0.2, 0.25) is 20.0 Å². The van der Waals surface area contributed by atoms with Crippen LogP contribution in [0.2, 0.25) is 0 Å². The molecule has 18 heteroatoms. The minimum absolute atomic E-state index is 0.0440. The molecule has 3 rings (SSSR count). The minimum Gasteiger partial charge on any atom is -0.481 e. The number of benzene rings is 2. The highest BCUT2D eigenvalue weighted by Crippen LogP contribution is 2.57. The molecule has 1 saturated carbocycles. The Kier molecular flexibility index (Phi) is 12.7. The molecule has 252 valence electrons. The summed E-state index contributed by atoms with van der Waals surface area (Å²) in [7, 11) is -8.55. The Morgan fingerprint density at radius 3 is 1.17 bits per heavy atom. The molecule has 4 atom stereocenters. The van der Waals surface area contributed by atoms with Crippen LogP contribution in [0, 0.1) is 11.8 Å². The van der Waals surface area contributed by atoms with Gasteiger partial charge in [0.05, 0.1) is 21.6 Å². The monoisotopic (exact) mass is 718 g/mol. The summed E-state index contributed by atoms with van der Waals surface area (Å²) in [6.45, 7) is 0. The van der Waals surface area contributed by atoms with Crippen LogP contribution in [0.4, 0.5) is 0 Å². The lowest BCUT2D eigenvalue weighted by Gasteiger charge is -2.48. The first kappa shape index (κ1) is 37.3. The Hall–Kier alpha value is -3.16. The SMILES string of the molecule is CSCC[C@H](NS(=O)(=O)c1ccc(C2C(C(=O)O)C(c3ccc(S(=O)(=O)N[C@H](CCSC)C(=O)O)cc3)C2C(=O)O)cc1)C(=O)O. The van der Waals surface area contributed by atoms with E-state index >= 15 is 0 Å². The zero-order valence-electron chi connectivity index (χ0n) is 24.6. The van der Waals surface area contributed by atoms with Crippen molar-refractivity contribution in [3.63, 3.8) is 0 Å². The van der Waals surface area contributed by atoms with Gasteiger partial charge in [-0.1, -0.05) is 24.3 Å². The number of nitrogens with one attached hydrogen (secondary N) is 2. The second-order valence-corrected chi connectivity index (χ2v) is 15.9. The maximum atomic E-state index is 12.8. The van der Waals surface area contributed by atoms with E-state index in [1.165, 1.54) is 47.8 Å². The highest BCUT2D eigenvalue weighted by molar-refractivity contribution is 7.98. The van der Waals surface area contributed by atoms with E-state index in [0.29, 0.717) is 11.5 Å². The summed E-state index contributed by atoms with van der Waals surface area (Å²) in [5, 5.41) is 38.9. The Balaban J connectivity index is 1.87. The van der Waals surface area contributed by atoms with Crippen LogP contribution in [0.5, 0.6) is 0 Å². The standard InChI is InChI=1S/C28H34N2O12S4/c1-43-13-11-19(25(31)32)29-45(39,40)17-7-3-15(4-8-17)21-23(27(35)36)22(24(21)28(37)38)16-5-9-18(10-6-16)46(41,42)30-20(26(33)34)12-14-44-2/h3-10,19-24,29-30H,11-14H2,1-2H3,(H,31,32)(H,33,34)(H,35,36)(H,37,38)/t19-,20+,21?,22?,23?,24?. The number of hydrogen-bond acceptors (Lipinski definition) is 10. The molecule has 0 heterocycles. The quantitative estimate of drug-likeness (QED) is 0.129. The molecule has 0 bridgehead atoms. The highest BCUT2D eigenvalue weighted by Gasteiger charge is 2.58. The molecule has 0 saturated heterocycles. The number of aliphatic carboxylic acids is 4. The number of hydrogen-bond donors (Lipinski definition) is 6. The molecule has 0 amide bonds. The molecule has 1 fully saturated rings. The Bertz CT molecular complexity index is 1520. The van der Waals surface area contributed by atoms with Crippen molar-refractivity contribution in [3.8, 4) is 0 Å². The summed E-state index contributed by atoms with van der Waals surface area (Å²) >= 11 is 2.70. The maximum absolute atomic E-state index is 12.8. The average molecular weight is 719 g/mol. The van der Waals surface area contributed by atoms with Gasteiger partial charge >= 0.3 is 23.9 Å². The average Bonchev–Trinajstić information content (AvgIpc) is 2.96. The molecule has 6 N–H and O–H groups in total. The van der Waals surface area contributed by atoms with E-state index in [-0.39, 0.29) is 33.8 Å². The first-order valence-electron chi connectivity index (χ1n) is 13.7. The molecule has 2 unspecified atom stereocenters. The molecule has 0 spiro atoms. The molecule has 1 aliphatic rings. The van der Waals surface area contributed by atoms with Crippen LogP contribution in [0.15, 0.2) is 58.3 Å². The number of thioether (sulfide) groups is 2. The lowest BCUT2D eigenvalue weighted by Crippen LogP contribution is -2.51. The van der Waals surface area contributed by atoms with Gasteiger partial charge in [0.15, 0.2) is 0 Å². The van der Waals surface area contributed by atoms with E-state index in [1.54, 1.807) is 12.5 Å². The molecule has 1 aliphatic carbocycles. The summed E-state index contributed by atoms with van der Waals surface area (Å²) < 4.78 is 55.7. The lowest BCUT2D eigenvalue weighted by molar-refractivity contribution is -0.160. The van der Waals surface area contributed by atoms with Gasteiger partial charge in [-0.2, -0.15) is 33.0 Å². The maximum Gasteiger partial charge on any atom is 0.321 e. The predicted octanol–water partition coefficient (Wildman–Crippen LogP) is 1.94. The second kappa shape index (κ2) is 15.6. The lowest BCUT2D eigenvalue weighted by atomic mass is 9.52. The molecule has 0 aliphatic heterocycles. The van der Waals surface area contributed by atoms with Gasteiger partial charge in [0.25, 0.3) is 0 Å². The Labute approximate surface area is 274 Å². The van der Waals surface area contributed by atoms with Crippen molar-refractivity contribution in [2.45, 2.75) is 46.6 Å². The van der Waals surface area contributed by atoms with Gasteiger partial charge in [-0.25, -0.2) is 16.8 Å². The predicted molar refractivity (Wildman–Crippen MR) is 170 cm³/mol. The zero-order valence-corrected chi connectivity index (χ0v) is 27.9. The van der Waals surface area contributed by atoms with E-state index in [2.05, 4.69) is 9.44 Å². The number of carboxylic acid groups (broad SMARTS) is 4. The van der Waals surface area contributed by atoms with Crippen molar-refractivity contribution in [2.24, 2.45) is 11.8 Å². The van der Waals surface area contributed by atoms with Crippen molar-refractivity contribution >= 4 is 67.4 Å². The second-order valence-electron chi connectivity index (χ2n) is 10.5. The molecular weight excluding hydrogens is 685 g/mol. The molecule has 2 aromatic rings. The van der Waals surface area contributed by atoms with Gasteiger partial charge in [-0.05, 0) is 72.3 Å². The summed E-state index contributed by atoms with van der Waals surface area (Å²) in [5.41, 5.74) is 0.473. The molecule has 2 aromatic carbocycles. The summed E-state index contributed by atoms with van der Waals surface area (Å²) in [6.07, 6.45) is 3.58. The third kappa shape index (κ3) is 8.60. The van der Waals surface area contributed by atoms with Gasteiger partial charge in [0.1, 0.15) is 12.1 Å². The van der Waals surface area contributed by atoms with Gasteiger partial charge in [0, 0.05) is 11.8 Å². The molecule has 14 nitrogen and oxygen atoms in total. The number of carboxylic acids is 4. The summed E-state index contributed by atoms with van der Waals surface area (Å²) in [6, 6.07) is 7.00. The third-order valence-electron chi connectivity index (χ3n) is 7.68. The normalized spacial score (nSPS) is 21.1.